The normalized spacial score (nSPS) is 15.9. The van der Waals surface area contributed by atoms with Crippen molar-refractivity contribution in [3.63, 3.8) is 0 Å². The highest BCUT2D eigenvalue weighted by Gasteiger charge is 2.28. The number of Topliss-reactive ketones (excluding diaryl/α,β-unsaturated/α-hetero) is 1. The second kappa shape index (κ2) is 6.64. The highest BCUT2D eigenvalue weighted by atomic mass is 32.2. The molecule has 5 heteroatoms. The van der Waals surface area contributed by atoms with E-state index >= 15 is 0 Å². The molecule has 1 aromatic heterocycles. The number of hydrogen-bond donors (Lipinski definition) is 0. The summed E-state index contributed by atoms with van der Waals surface area (Å²) in [7, 11) is 0. The summed E-state index contributed by atoms with van der Waals surface area (Å²) in [5.74, 6) is 0.399. The minimum absolute atomic E-state index is 0.00980. The molecule has 0 spiro atoms. The lowest BCUT2D eigenvalue weighted by Gasteiger charge is -2.12. The Hall–Kier alpha value is -2.40. The van der Waals surface area contributed by atoms with E-state index in [0.29, 0.717) is 21.8 Å². The van der Waals surface area contributed by atoms with Gasteiger partial charge in [0.15, 0.2) is 10.9 Å². The van der Waals surface area contributed by atoms with E-state index in [1.165, 1.54) is 29.3 Å². The molecule has 0 amide bonds. The molecule has 0 radical (unpaired) electrons. The molecule has 1 fully saturated rings. The summed E-state index contributed by atoms with van der Waals surface area (Å²) in [6, 6.07) is 13.8. The molecule has 3 aromatic rings. The van der Waals surface area contributed by atoms with E-state index in [9.17, 15) is 9.59 Å². The van der Waals surface area contributed by atoms with Crippen LogP contribution in [0.2, 0.25) is 0 Å². The Balaban J connectivity index is 1.43. The second-order valence-electron chi connectivity index (χ2n) is 7.37. The van der Waals surface area contributed by atoms with E-state index in [-0.39, 0.29) is 17.4 Å². The number of nitrogens with zero attached hydrogens (tertiary/aromatic N) is 2. The summed E-state index contributed by atoms with van der Waals surface area (Å²) in [4.78, 5) is 30.3. The molecule has 136 valence electrons. The molecular weight excluding hydrogens is 356 g/mol. The third-order valence-corrected chi connectivity index (χ3v) is 6.39. The smallest absolute Gasteiger partial charge is 0.262 e. The quantitative estimate of drug-likeness (QED) is 0.381. The number of para-hydroxylation sites is 1. The SMILES string of the molecule is O=C(CSc1nc2ccccc2c(=O)n1C1CC1)c1ccc2c(c1)CCC2. The zero-order chi connectivity index (χ0) is 18.4. The summed E-state index contributed by atoms with van der Waals surface area (Å²) in [6.45, 7) is 0. The second-order valence-corrected chi connectivity index (χ2v) is 8.31. The van der Waals surface area contributed by atoms with Crippen molar-refractivity contribution in [2.24, 2.45) is 0 Å². The maximum Gasteiger partial charge on any atom is 0.262 e. The minimum Gasteiger partial charge on any atom is -0.293 e. The molecular formula is C22H20N2O2S. The number of fused-ring (bicyclic) bond motifs is 2. The predicted octanol–water partition coefficient (Wildman–Crippen LogP) is 4.20. The molecule has 2 aliphatic carbocycles. The van der Waals surface area contributed by atoms with Gasteiger partial charge in [-0.15, -0.1) is 0 Å². The third kappa shape index (κ3) is 3.10. The molecule has 0 saturated heterocycles. The van der Waals surface area contributed by atoms with Crippen LogP contribution in [0.4, 0.5) is 0 Å². The average molecular weight is 376 g/mol. The van der Waals surface area contributed by atoms with Gasteiger partial charge >= 0.3 is 0 Å². The van der Waals surface area contributed by atoms with Gasteiger partial charge in [-0.25, -0.2) is 4.98 Å². The van der Waals surface area contributed by atoms with Crippen molar-refractivity contribution in [1.29, 1.82) is 0 Å². The molecule has 5 rings (SSSR count). The lowest BCUT2D eigenvalue weighted by molar-refractivity contribution is 0.102. The average Bonchev–Trinajstić information content (AvgIpc) is 3.41. The van der Waals surface area contributed by atoms with Gasteiger partial charge in [0.1, 0.15) is 0 Å². The standard InChI is InChI=1S/C22H20N2O2S/c25-20(16-9-8-14-4-3-5-15(14)12-16)13-27-22-23-19-7-2-1-6-18(19)21(26)24(22)17-10-11-17/h1-2,6-9,12,17H,3-5,10-11,13H2. The molecule has 0 unspecified atom stereocenters. The fourth-order valence-corrected chi connectivity index (χ4v) is 4.80. The maximum atomic E-state index is 12.9. The summed E-state index contributed by atoms with van der Waals surface area (Å²) in [5.41, 5.74) is 4.16. The van der Waals surface area contributed by atoms with Crippen LogP contribution >= 0.6 is 11.8 Å². The number of thioether (sulfide) groups is 1. The van der Waals surface area contributed by atoms with Crippen molar-refractivity contribution < 1.29 is 4.79 Å². The Kier molecular flexibility index (Phi) is 4.12. The van der Waals surface area contributed by atoms with Gasteiger partial charge in [0.2, 0.25) is 0 Å². The largest absolute Gasteiger partial charge is 0.293 e. The number of aromatic nitrogens is 2. The Bertz CT molecular complexity index is 1110. The number of carbonyl (C=O) groups excluding carboxylic acids is 1. The van der Waals surface area contributed by atoms with Crippen LogP contribution in [-0.4, -0.2) is 21.1 Å². The van der Waals surface area contributed by atoms with E-state index in [1.54, 1.807) is 4.57 Å². The third-order valence-electron chi connectivity index (χ3n) is 5.44. The van der Waals surface area contributed by atoms with Crippen molar-refractivity contribution in [3.05, 3.63) is 69.5 Å². The lowest BCUT2D eigenvalue weighted by Crippen LogP contribution is -2.22. The molecule has 2 aliphatic rings. The molecule has 0 atom stereocenters. The first-order valence-corrected chi connectivity index (χ1v) is 10.5. The number of aryl methyl sites for hydroxylation is 2. The van der Waals surface area contributed by atoms with E-state index in [2.05, 4.69) is 6.07 Å². The van der Waals surface area contributed by atoms with Crippen molar-refractivity contribution in [1.82, 2.24) is 9.55 Å². The molecule has 1 heterocycles. The van der Waals surface area contributed by atoms with Gasteiger partial charge in [0, 0.05) is 11.6 Å². The molecule has 0 bridgehead atoms. The molecule has 1 saturated carbocycles. The van der Waals surface area contributed by atoms with Gasteiger partial charge in [0.05, 0.1) is 16.7 Å². The van der Waals surface area contributed by atoms with Crippen LogP contribution in [-0.2, 0) is 12.8 Å². The Morgan fingerprint density at radius 1 is 1.11 bits per heavy atom. The van der Waals surface area contributed by atoms with Crippen molar-refractivity contribution in [2.75, 3.05) is 5.75 Å². The van der Waals surface area contributed by atoms with E-state index in [4.69, 9.17) is 4.98 Å². The van der Waals surface area contributed by atoms with E-state index < -0.39 is 0 Å². The minimum atomic E-state index is 0.00980. The van der Waals surface area contributed by atoms with Crippen LogP contribution in [0.5, 0.6) is 0 Å². The highest BCUT2D eigenvalue weighted by molar-refractivity contribution is 7.99. The molecule has 4 nitrogen and oxygen atoms in total. The van der Waals surface area contributed by atoms with Gasteiger partial charge in [-0.2, -0.15) is 0 Å². The summed E-state index contributed by atoms with van der Waals surface area (Å²) >= 11 is 1.38. The van der Waals surface area contributed by atoms with Crippen LogP contribution < -0.4 is 5.56 Å². The molecule has 2 aromatic carbocycles. The van der Waals surface area contributed by atoms with Gasteiger partial charge < -0.3 is 0 Å². The number of hydrogen-bond acceptors (Lipinski definition) is 4. The van der Waals surface area contributed by atoms with Gasteiger partial charge in [-0.3, -0.25) is 14.2 Å². The highest BCUT2D eigenvalue weighted by Crippen LogP contribution is 2.37. The lowest BCUT2D eigenvalue weighted by atomic mass is 10.0. The van der Waals surface area contributed by atoms with Crippen molar-refractivity contribution >= 4 is 28.4 Å². The monoisotopic (exact) mass is 376 g/mol. The Morgan fingerprint density at radius 2 is 1.93 bits per heavy atom. The summed E-state index contributed by atoms with van der Waals surface area (Å²) in [6.07, 6.45) is 5.37. The summed E-state index contributed by atoms with van der Waals surface area (Å²) in [5, 5.41) is 1.31. The summed E-state index contributed by atoms with van der Waals surface area (Å²) < 4.78 is 1.79. The number of ketones is 1. The molecule has 0 N–H and O–H groups in total. The maximum absolute atomic E-state index is 12.9. The van der Waals surface area contributed by atoms with Crippen LogP contribution in [0.15, 0.2) is 52.4 Å². The Morgan fingerprint density at radius 3 is 2.78 bits per heavy atom. The van der Waals surface area contributed by atoms with Crippen molar-refractivity contribution in [3.8, 4) is 0 Å². The van der Waals surface area contributed by atoms with Gasteiger partial charge in [0.25, 0.3) is 5.56 Å². The topological polar surface area (TPSA) is 52.0 Å². The fourth-order valence-electron chi connectivity index (χ4n) is 3.84. The van der Waals surface area contributed by atoms with Crippen LogP contribution in [0.25, 0.3) is 10.9 Å². The van der Waals surface area contributed by atoms with Crippen LogP contribution in [0, 0.1) is 0 Å². The molecule has 0 aliphatic heterocycles. The zero-order valence-corrected chi connectivity index (χ0v) is 15.8. The van der Waals surface area contributed by atoms with E-state index in [0.717, 1.165) is 31.2 Å². The van der Waals surface area contributed by atoms with Crippen LogP contribution in [0.1, 0.15) is 46.8 Å². The first-order valence-electron chi connectivity index (χ1n) is 9.50. The zero-order valence-electron chi connectivity index (χ0n) is 15.0. The van der Waals surface area contributed by atoms with Gasteiger partial charge in [-0.05, 0) is 61.4 Å². The first kappa shape index (κ1) is 16.8. The van der Waals surface area contributed by atoms with Gasteiger partial charge in [-0.1, -0.05) is 36.0 Å². The number of carbonyl (C=O) groups is 1. The first-order chi connectivity index (χ1) is 13.2. The van der Waals surface area contributed by atoms with Crippen LogP contribution in [0.3, 0.4) is 0 Å². The Labute approximate surface area is 161 Å². The van der Waals surface area contributed by atoms with E-state index in [1.807, 2.05) is 36.4 Å². The predicted molar refractivity (Wildman–Crippen MR) is 108 cm³/mol. The van der Waals surface area contributed by atoms with Crippen molar-refractivity contribution in [2.45, 2.75) is 43.3 Å². The number of benzene rings is 2. The number of rotatable bonds is 5. The fraction of sp³-hybridized carbons (Fsp3) is 0.318. The molecule has 27 heavy (non-hydrogen) atoms.